The number of carbonyl (C=O) groups excluding carboxylic acids is 2. The number of likely N-dealkylation sites (N-methyl/N-ethyl adjacent to an activating group) is 1. The van der Waals surface area contributed by atoms with Gasteiger partial charge in [0.2, 0.25) is 0 Å². The molecule has 3 N–H and O–H groups in total. The first-order valence-electron chi connectivity index (χ1n) is 21.7. The Kier molecular flexibility index (Phi) is 28.8. The minimum atomic E-state index is -4.67. The number of esters is 2. The van der Waals surface area contributed by atoms with E-state index >= 15 is 0 Å². The molecule has 1 rings (SSSR count). The van der Waals surface area contributed by atoms with Crippen LogP contribution in [0.3, 0.4) is 0 Å². The summed E-state index contributed by atoms with van der Waals surface area (Å²) in [6.45, 7) is 3.88. The number of hydrogen-bond acceptors (Lipinski definition) is 11. The Labute approximate surface area is 333 Å². The Morgan fingerprint density at radius 1 is 0.764 bits per heavy atom. The van der Waals surface area contributed by atoms with Crippen LogP contribution in [0.2, 0.25) is 0 Å². The number of carbonyl (C=O) groups is 2. The van der Waals surface area contributed by atoms with E-state index in [2.05, 4.69) is 13.8 Å². The second-order valence-corrected chi connectivity index (χ2v) is 18.1. The van der Waals surface area contributed by atoms with E-state index in [9.17, 15) is 34.4 Å². The summed E-state index contributed by atoms with van der Waals surface area (Å²) in [5.74, 6) is -1.24. The van der Waals surface area contributed by atoms with Crippen molar-refractivity contribution in [2.45, 2.75) is 186 Å². The van der Waals surface area contributed by atoms with Crippen LogP contribution in [0.5, 0.6) is 0 Å². The topological polar surface area (TPSA) is 172 Å². The van der Waals surface area contributed by atoms with Gasteiger partial charge in [0, 0.05) is 25.2 Å². The minimum Gasteiger partial charge on any atom is -0.756 e. The predicted molar refractivity (Wildman–Crippen MR) is 215 cm³/mol. The summed E-state index contributed by atoms with van der Waals surface area (Å²) >= 11 is 0. The third-order valence-corrected chi connectivity index (χ3v) is 11.4. The van der Waals surface area contributed by atoms with E-state index in [1.165, 1.54) is 44.9 Å². The average molecular weight is 806 g/mol. The molecule has 13 heteroatoms. The summed E-state index contributed by atoms with van der Waals surface area (Å²) < 4.78 is 33.8. The first-order chi connectivity index (χ1) is 26.2. The van der Waals surface area contributed by atoms with E-state index in [0.29, 0.717) is 36.7 Å². The van der Waals surface area contributed by atoms with E-state index in [1.54, 1.807) is 6.08 Å². The fourth-order valence-corrected chi connectivity index (χ4v) is 7.66. The molecule has 1 saturated carbocycles. The number of phosphoric acid groups is 1. The van der Waals surface area contributed by atoms with Crippen LogP contribution in [0.25, 0.3) is 0 Å². The molecule has 0 aliphatic heterocycles. The monoisotopic (exact) mass is 806 g/mol. The highest BCUT2D eigenvalue weighted by molar-refractivity contribution is 7.45. The Morgan fingerprint density at radius 3 is 1.91 bits per heavy atom. The van der Waals surface area contributed by atoms with Gasteiger partial charge in [-0.15, -0.1) is 0 Å². The van der Waals surface area contributed by atoms with Crippen LogP contribution in [-0.4, -0.2) is 104 Å². The maximum atomic E-state index is 12.7. The number of nitrogens with zero attached hydrogens (tertiary/aromatic N) is 1. The summed E-state index contributed by atoms with van der Waals surface area (Å²) in [6, 6.07) is 0. The fourth-order valence-electron chi connectivity index (χ4n) is 6.93. The largest absolute Gasteiger partial charge is 0.756 e. The molecule has 0 heterocycles. The number of aliphatic hydroxyl groups excluding tert-OH is 3. The highest BCUT2D eigenvalue weighted by atomic mass is 31.2. The smallest absolute Gasteiger partial charge is 0.306 e. The van der Waals surface area contributed by atoms with Gasteiger partial charge in [-0.1, -0.05) is 129 Å². The van der Waals surface area contributed by atoms with E-state index < -0.39 is 50.8 Å². The van der Waals surface area contributed by atoms with Gasteiger partial charge >= 0.3 is 11.9 Å². The second kappa shape index (κ2) is 30.7. The highest BCUT2D eigenvalue weighted by Crippen LogP contribution is 2.39. The molecule has 55 heavy (non-hydrogen) atoms. The number of quaternary nitrogens is 1. The van der Waals surface area contributed by atoms with Crippen molar-refractivity contribution >= 4 is 19.8 Å². The maximum absolute atomic E-state index is 12.7. The van der Waals surface area contributed by atoms with E-state index in [4.69, 9.17) is 18.5 Å². The SMILES string of the molecule is CCCCCCCCCCCCCC(=O)O[C@H](COC(=O)CCCCCC[C@@H]1[C@@H](/C=C/[C@@H](O)CCCCC)[C@H](O)C[C@@H]1O)COP(=O)([O-])OCC[N+](C)(C)C. The summed E-state index contributed by atoms with van der Waals surface area (Å²) in [6.07, 6.45) is 21.6. The van der Waals surface area contributed by atoms with E-state index in [-0.39, 0.29) is 37.9 Å². The summed E-state index contributed by atoms with van der Waals surface area (Å²) in [5, 5.41) is 31.4. The molecule has 324 valence electrons. The minimum absolute atomic E-state index is 0.0628. The first kappa shape index (κ1) is 51.6. The van der Waals surface area contributed by atoms with E-state index in [0.717, 1.165) is 64.2 Å². The molecule has 1 aliphatic rings. The molecule has 0 saturated heterocycles. The summed E-state index contributed by atoms with van der Waals surface area (Å²) in [4.78, 5) is 37.6. The van der Waals surface area contributed by atoms with E-state index in [1.807, 2.05) is 27.2 Å². The Morgan fingerprint density at radius 2 is 1.31 bits per heavy atom. The number of hydrogen-bond donors (Lipinski definition) is 3. The Hall–Kier alpha value is -1.37. The normalized spacial score (nSPS) is 21.1. The lowest BCUT2D eigenvalue weighted by molar-refractivity contribution is -0.870. The second-order valence-electron chi connectivity index (χ2n) is 16.7. The lowest BCUT2D eigenvalue weighted by Crippen LogP contribution is -2.37. The molecular weight excluding hydrogens is 725 g/mol. The van der Waals surface area contributed by atoms with Crippen molar-refractivity contribution in [1.29, 1.82) is 0 Å². The van der Waals surface area contributed by atoms with Crippen molar-refractivity contribution in [1.82, 2.24) is 0 Å². The molecule has 7 atom stereocenters. The predicted octanol–water partition coefficient (Wildman–Crippen LogP) is 7.55. The van der Waals surface area contributed by atoms with Gasteiger partial charge in [-0.3, -0.25) is 14.2 Å². The summed E-state index contributed by atoms with van der Waals surface area (Å²) in [5.41, 5.74) is 0. The van der Waals surface area contributed by atoms with Gasteiger partial charge in [0.1, 0.15) is 19.8 Å². The highest BCUT2D eigenvalue weighted by Gasteiger charge is 2.39. The van der Waals surface area contributed by atoms with Crippen molar-refractivity contribution in [3.05, 3.63) is 12.2 Å². The van der Waals surface area contributed by atoms with Gasteiger partial charge in [0.15, 0.2) is 6.10 Å². The number of rotatable bonds is 35. The Balaban J connectivity index is 2.48. The number of phosphoric ester groups is 1. The van der Waals surface area contributed by atoms with Gasteiger partial charge in [-0.25, -0.2) is 0 Å². The van der Waals surface area contributed by atoms with Crippen LogP contribution in [-0.2, 0) is 32.7 Å². The van der Waals surface area contributed by atoms with Gasteiger partial charge in [0.25, 0.3) is 7.82 Å². The zero-order valence-electron chi connectivity index (χ0n) is 35.2. The molecule has 1 aliphatic carbocycles. The molecule has 0 aromatic carbocycles. The van der Waals surface area contributed by atoms with Crippen molar-refractivity contribution in [2.24, 2.45) is 11.8 Å². The lowest BCUT2D eigenvalue weighted by atomic mass is 9.88. The van der Waals surface area contributed by atoms with Gasteiger partial charge in [0.05, 0.1) is 46.1 Å². The zero-order valence-corrected chi connectivity index (χ0v) is 36.1. The molecule has 0 aromatic rings. The van der Waals surface area contributed by atoms with Crippen molar-refractivity contribution in [3.8, 4) is 0 Å². The number of aliphatic hydroxyl groups is 3. The van der Waals surface area contributed by atoms with Crippen LogP contribution >= 0.6 is 7.82 Å². The van der Waals surface area contributed by atoms with Crippen LogP contribution in [0, 0.1) is 11.8 Å². The first-order valence-corrected chi connectivity index (χ1v) is 23.1. The maximum Gasteiger partial charge on any atom is 0.306 e. The quantitative estimate of drug-likeness (QED) is 0.0190. The third kappa shape index (κ3) is 27.8. The Bertz CT molecular complexity index is 1070. The molecule has 1 fully saturated rings. The van der Waals surface area contributed by atoms with Gasteiger partial charge in [-0.2, -0.15) is 0 Å². The van der Waals surface area contributed by atoms with Crippen LogP contribution in [0.1, 0.15) is 162 Å². The molecular formula is C42H80NO11P. The molecule has 1 unspecified atom stereocenters. The molecule has 0 radical (unpaired) electrons. The number of unbranched alkanes of at least 4 members (excludes halogenated alkanes) is 15. The standard InChI is InChI=1S/C42H80NO11P/c1-6-8-10-11-12-13-14-15-16-17-23-27-42(48)54-36(34-53-55(49,50)52-31-30-43(3,4)5)33-51-41(47)26-22-19-18-21-25-37-38(40(46)32-39(37)45)29-28-35(44)24-20-9-7-2/h28-29,35-40,44-46H,6-27,30-34H2,1-5H3/b29-28+/t35-,36+,37+,38+,39-,40+/m0/s1. The molecule has 0 bridgehead atoms. The molecule has 0 aromatic heterocycles. The van der Waals surface area contributed by atoms with Crippen LogP contribution in [0.15, 0.2) is 12.2 Å². The lowest BCUT2D eigenvalue weighted by Gasteiger charge is -2.28. The number of ether oxygens (including phenoxy) is 2. The molecule has 0 amide bonds. The third-order valence-electron chi connectivity index (χ3n) is 10.4. The van der Waals surface area contributed by atoms with Crippen LogP contribution in [0.4, 0.5) is 0 Å². The van der Waals surface area contributed by atoms with Crippen LogP contribution < -0.4 is 4.89 Å². The van der Waals surface area contributed by atoms with Gasteiger partial charge < -0.3 is 43.2 Å². The fraction of sp³-hybridized carbons (Fsp3) is 0.905. The van der Waals surface area contributed by atoms with Gasteiger partial charge in [-0.05, 0) is 31.6 Å². The zero-order chi connectivity index (χ0) is 41.0. The molecule has 12 nitrogen and oxygen atoms in total. The van der Waals surface area contributed by atoms with Crippen molar-refractivity contribution in [3.63, 3.8) is 0 Å². The van der Waals surface area contributed by atoms with Crippen molar-refractivity contribution < 1.29 is 57.4 Å². The average Bonchev–Trinajstić information content (AvgIpc) is 3.39. The molecule has 0 spiro atoms. The van der Waals surface area contributed by atoms with Crippen molar-refractivity contribution in [2.75, 3.05) is 47.5 Å². The summed E-state index contributed by atoms with van der Waals surface area (Å²) in [7, 11) is 1.05.